The van der Waals surface area contributed by atoms with Crippen molar-refractivity contribution in [3.05, 3.63) is 9.81 Å². The molecule has 0 saturated heterocycles. The summed E-state index contributed by atoms with van der Waals surface area (Å²) >= 11 is 0. The maximum atomic E-state index is 10.6. The molecule has 0 aromatic heterocycles. The van der Waals surface area contributed by atoms with Crippen LogP contribution < -0.4 is 10.6 Å². The van der Waals surface area contributed by atoms with Crippen molar-refractivity contribution in [2.45, 2.75) is 71.6 Å². The second-order valence-corrected chi connectivity index (χ2v) is 6.87. The lowest BCUT2D eigenvalue weighted by molar-refractivity contribution is 0.280. The third-order valence-electron chi connectivity index (χ3n) is 4.22. The highest BCUT2D eigenvalue weighted by Gasteiger charge is 2.28. The van der Waals surface area contributed by atoms with Crippen LogP contribution in [0.15, 0.2) is 10.4 Å². The van der Waals surface area contributed by atoms with E-state index in [1.54, 1.807) is 0 Å². The molecular formula is C14H30N4O2. The van der Waals surface area contributed by atoms with Crippen LogP contribution >= 0.6 is 0 Å². The molecule has 2 atom stereocenters. The first kappa shape index (κ1) is 19.1. The van der Waals surface area contributed by atoms with E-state index in [0.29, 0.717) is 5.92 Å². The molecule has 0 heterocycles. The minimum atomic E-state index is -0.316. The topological polar surface area (TPSA) is 82.9 Å². The molecule has 0 saturated carbocycles. The van der Waals surface area contributed by atoms with Crippen molar-refractivity contribution < 1.29 is 0 Å². The molecule has 0 aliphatic rings. The Bertz CT molecular complexity index is 288. The minimum absolute atomic E-state index is 0.279. The fraction of sp³-hybridized carbons (Fsp3) is 1.00. The third-order valence-corrected chi connectivity index (χ3v) is 4.22. The zero-order valence-electron chi connectivity index (χ0n) is 13.9. The number of rotatable bonds is 10. The smallest absolute Gasteiger partial charge is 0.107 e. The molecule has 0 radical (unpaired) electrons. The van der Waals surface area contributed by atoms with Crippen LogP contribution in [0.2, 0.25) is 0 Å². The second kappa shape index (κ2) is 7.78. The Balaban J connectivity index is 4.22. The molecule has 0 aliphatic heterocycles. The monoisotopic (exact) mass is 286 g/mol. The Morgan fingerprint density at radius 1 is 0.800 bits per heavy atom. The summed E-state index contributed by atoms with van der Waals surface area (Å²) in [6, 6.07) is -0.559. The van der Waals surface area contributed by atoms with Crippen molar-refractivity contribution in [2.24, 2.45) is 16.3 Å². The molecule has 2 unspecified atom stereocenters. The molecule has 2 N–H and O–H groups in total. The van der Waals surface area contributed by atoms with Gasteiger partial charge in [-0.3, -0.25) is 0 Å². The number of nitrogens with one attached hydrogen (secondary N) is 2. The predicted octanol–water partition coefficient (Wildman–Crippen LogP) is 2.67. The Morgan fingerprint density at radius 2 is 1.10 bits per heavy atom. The van der Waals surface area contributed by atoms with E-state index in [1.165, 1.54) is 0 Å². The van der Waals surface area contributed by atoms with Crippen LogP contribution in [0.5, 0.6) is 0 Å². The molecule has 6 heteroatoms. The van der Waals surface area contributed by atoms with Gasteiger partial charge in [0.25, 0.3) is 0 Å². The van der Waals surface area contributed by atoms with Gasteiger partial charge in [0.1, 0.15) is 12.1 Å². The normalized spacial score (nSPS) is 17.4. The van der Waals surface area contributed by atoms with Crippen molar-refractivity contribution >= 4 is 0 Å². The first-order chi connectivity index (χ1) is 9.06. The average molecular weight is 286 g/mol. The Labute approximate surface area is 122 Å². The van der Waals surface area contributed by atoms with Crippen molar-refractivity contribution in [3.63, 3.8) is 0 Å². The summed E-state index contributed by atoms with van der Waals surface area (Å²) in [4.78, 5) is 21.2. The average Bonchev–Trinajstić information content (AvgIpc) is 2.40. The summed E-state index contributed by atoms with van der Waals surface area (Å²) < 4.78 is 0. The summed E-state index contributed by atoms with van der Waals surface area (Å²) in [5.74, 6) is 0.367. The lowest BCUT2D eigenvalue weighted by Crippen LogP contribution is -2.52. The van der Waals surface area contributed by atoms with Gasteiger partial charge in [0, 0.05) is 11.1 Å². The zero-order valence-corrected chi connectivity index (χ0v) is 13.9. The van der Waals surface area contributed by atoms with E-state index < -0.39 is 0 Å². The lowest BCUT2D eigenvalue weighted by atomic mass is 9.94. The largest absolute Gasteiger partial charge is 0.309 e. The van der Waals surface area contributed by atoms with E-state index in [4.69, 9.17) is 0 Å². The van der Waals surface area contributed by atoms with Crippen LogP contribution in [0.4, 0.5) is 0 Å². The van der Waals surface area contributed by atoms with Crippen LogP contribution in [0.25, 0.3) is 0 Å². The highest BCUT2D eigenvalue weighted by Crippen LogP contribution is 2.14. The van der Waals surface area contributed by atoms with Gasteiger partial charge < -0.3 is 10.6 Å². The van der Waals surface area contributed by atoms with Crippen LogP contribution in [0.3, 0.4) is 0 Å². The summed E-state index contributed by atoms with van der Waals surface area (Å²) in [6.45, 7) is 15.2. The number of hydrogen-bond donors (Lipinski definition) is 2. The molecule has 0 aromatic rings. The number of nitroso groups, excluding NO2 is 2. The molecule has 0 bridgehead atoms. The Morgan fingerprint density at radius 3 is 1.35 bits per heavy atom. The molecule has 0 rings (SSSR count). The molecule has 0 spiro atoms. The van der Waals surface area contributed by atoms with E-state index in [-0.39, 0.29) is 23.2 Å². The third kappa shape index (κ3) is 6.05. The van der Waals surface area contributed by atoms with Crippen LogP contribution in [0, 0.1) is 15.7 Å². The summed E-state index contributed by atoms with van der Waals surface area (Å²) in [5, 5.41) is 12.9. The van der Waals surface area contributed by atoms with E-state index in [0.717, 1.165) is 13.1 Å². The highest BCUT2D eigenvalue weighted by molar-refractivity contribution is 4.90. The van der Waals surface area contributed by atoms with Gasteiger partial charge in [-0.1, -0.05) is 17.3 Å². The van der Waals surface area contributed by atoms with Gasteiger partial charge in [-0.2, -0.15) is 9.81 Å². The molecule has 0 fully saturated rings. The van der Waals surface area contributed by atoms with E-state index in [1.807, 2.05) is 41.5 Å². The molecule has 118 valence electrons. The van der Waals surface area contributed by atoms with Gasteiger partial charge in [-0.25, -0.2) is 0 Å². The summed E-state index contributed by atoms with van der Waals surface area (Å²) in [5.41, 5.74) is -0.633. The summed E-state index contributed by atoms with van der Waals surface area (Å²) in [6.07, 6.45) is 0. The van der Waals surface area contributed by atoms with Crippen molar-refractivity contribution in [1.29, 1.82) is 0 Å². The molecule has 0 amide bonds. The number of nitrogens with zero attached hydrogens (tertiary/aromatic N) is 2. The SMILES string of the molecule is CC(CNC(C)(C)C(C)N=O)CNC(C)(C)C(C)N=O. The maximum Gasteiger partial charge on any atom is 0.107 e. The number of hydrogen-bond acceptors (Lipinski definition) is 6. The molecule has 6 nitrogen and oxygen atoms in total. The summed E-state index contributed by atoms with van der Waals surface area (Å²) in [7, 11) is 0. The first-order valence-corrected chi connectivity index (χ1v) is 7.21. The van der Waals surface area contributed by atoms with Crippen molar-refractivity contribution in [1.82, 2.24) is 10.6 Å². The Hall–Kier alpha value is -0.880. The standard InChI is InChI=1S/C14H30N4O2/c1-10(8-15-13(4,5)11(2)17-19)9-16-14(6,7)12(3)18-20/h10-12,15-16H,8-9H2,1-7H3. The highest BCUT2D eigenvalue weighted by atomic mass is 16.3. The van der Waals surface area contributed by atoms with Gasteiger partial charge in [0.15, 0.2) is 0 Å². The fourth-order valence-corrected chi connectivity index (χ4v) is 1.51. The zero-order chi connectivity index (χ0) is 16.0. The lowest BCUT2D eigenvalue weighted by Gasteiger charge is -2.32. The van der Waals surface area contributed by atoms with Gasteiger partial charge >= 0.3 is 0 Å². The van der Waals surface area contributed by atoms with Crippen LogP contribution in [0.1, 0.15) is 48.5 Å². The molecule has 20 heavy (non-hydrogen) atoms. The van der Waals surface area contributed by atoms with Crippen molar-refractivity contribution in [2.75, 3.05) is 13.1 Å². The maximum absolute atomic E-state index is 10.6. The van der Waals surface area contributed by atoms with Gasteiger partial charge in [0.2, 0.25) is 0 Å². The van der Waals surface area contributed by atoms with Crippen LogP contribution in [-0.4, -0.2) is 36.3 Å². The van der Waals surface area contributed by atoms with Crippen LogP contribution in [-0.2, 0) is 0 Å². The second-order valence-electron chi connectivity index (χ2n) is 6.87. The molecular weight excluding hydrogens is 256 g/mol. The van der Waals surface area contributed by atoms with Crippen molar-refractivity contribution in [3.8, 4) is 0 Å². The van der Waals surface area contributed by atoms with E-state index in [9.17, 15) is 9.81 Å². The van der Waals surface area contributed by atoms with Gasteiger partial charge in [-0.05, 0) is 60.5 Å². The van der Waals surface area contributed by atoms with Gasteiger partial charge in [0.05, 0.1) is 0 Å². The molecule has 0 aromatic carbocycles. The minimum Gasteiger partial charge on any atom is -0.309 e. The Kier molecular flexibility index (Phi) is 7.44. The fourth-order valence-electron chi connectivity index (χ4n) is 1.51. The van der Waals surface area contributed by atoms with E-state index >= 15 is 0 Å². The quantitative estimate of drug-likeness (QED) is 0.605. The predicted molar refractivity (Wildman–Crippen MR) is 83.8 cm³/mol. The molecule has 0 aliphatic carbocycles. The van der Waals surface area contributed by atoms with E-state index in [2.05, 4.69) is 27.9 Å². The van der Waals surface area contributed by atoms with Gasteiger partial charge in [-0.15, -0.1) is 0 Å². The first-order valence-electron chi connectivity index (χ1n) is 7.21.